The summed E-state index contributed by atoms with van der Waals surface area (Å²) in [6.45, 7) is 2.97. The number of anilines is 4. The van der Waals surface area contributed by atoms with Crippen molar-refractivity contribution in [3.05, 3.63) is 47.4 Å². The number of carboxylic acids is 1. The molecule has 4 rings (SSSR count). The van der Waals surface area contributed by atoms with Gasteiger partial charge in [-0.05, 0) is 31.0 Å². The van der Waals surface area contributed by atoms with Crippen LogP contribution in [0.1, 0.15) is 38.7 Å². The molecule has 1 saturated heterocycles. The van der Waals surface area contributed by atoms with Gasteiger partial charge in [0, 0.05) is 25.5 Å². The number of nitrogens with two attached hydrogens (primary N) is 1. The number of amides is 2. The zero-order valence-corrected chi connectivity index (χ0v) is 19.1. The molecule has 1 aliphatic heterocycles. The summed E-state index contributed by atoms with van der Waals surface area (Å²) < 4.78 is 7.12. The molecular weight excluding hydrogens is 456 g/mol. The number of nitrogens with one attached hydrogen (secondary N) is 2. The molecule has 0 saturated carbocycles. The Morgan fingerprint density at radius 1 is 1.29 bits per heavy atom. The Morgan fingerprint density at radius 3 is 2.74 bits per heavy atom. The predicted octanol–water partition coefficient (Wildman–Crippen LogP) is 1.68. The monoisotopic (exact) mass is 480 g/mol. The molecule has 1 atom stereocenters. The molecule has 1 aromatic carbocycles. The zero-order chi connectivity index (χ0) is 25.1. The van der Waals surface area contributed by atoms with Crippen molar-refractivity contribution < 1.29 is 24.2 Å². The lowest BCUT2D eigenvalue weighted by atomic mass is 10.1. The first-order chi connectivity index (χ1) is 16.8. The number of nitrogens with zero attached hydrogens (tertiary/aromatic N) is 5. The molecule has 13 heteroatoms. The molecule has 1 unspecified atom stereocenters. The number of carbonyl (C=O) groups excluding carboxylic acids is 2. The highest BCUT2D eigenvalue weighted by Crippen LogP contribution is 2.33. The highest BCUT2D eigenvalue weighted by molar-refractivity contribution is 5.98. The quantitative estimate of drug-likeness (QED) is 0.329. The smallest absolute Gasteiger partial charge is 0.335 e. The number of likely N-dealkylation sites (tertiary alicyclic amines) is 1. The number of ether oxygens (including phenoxy) is 1. The third-order valence-corrected chi connectivity index (χ3v) is 5.64. The van der Waals surface area contributed by atoms with Gasteiger partial charge in [-0.25, -0.2) is 9.78 Å². The second-order valence-corrected chi connectivity index (χ2v) is 8.00. The fraction of sp³-hybridized carbons (Fsp3) is 0.273. The Bertz CT molecular complexity index is 1290. The third-order valence-electron chi connectivity index (χ3n) is 5.64. The lowest BCUT2D eigenvalue weighted by Crippen LogP contribution is -2.19. The Morgan fingerprint density at radius 2 is 2.09 bits per heavy atom. The van der Waals surface area contributed by atoms with Crippen molar-refractivity contribution in [2.45, 2.75) is 19.4 Å². The summed E-state index contributed by atoms with van der Waals surface area (Å²) in [5, 5.41) is 19.7. The summed E-state index contributed by atoms with van der Waals surface area (Å²) >= 11 is 0. The van der Waals surface area contributed by atoms with E-state index < -0.39 is 11.9 Å². The number of rotatable bonds is 9. The van der Waals surface area contributed by atoms with Crippen LogP contribution in [0.4, 0.5) is 23.1 Å². The molecule has 0 radical (unpaired) electrons. The molecule has 35 heavy (non-hydrogen) atoms. The van der Waals surface area contributed by atoms with Crippen LogP contribution in [-0.2, 0) is 4.79 Å². The highest BCUT2D eigenvalue weighted by atomic mass is 16.5. The van der Waals surface area contributed by atoms with Crippen molar-refractivity contribution >= 4 is 41.4 Å². The van der Waals surface area contributed by atoms with Crippen LogP contribution in [0.25, 0.3) is 0 Å². The second-order valence-electron chi connectivity index (χ2n) is 8.00. The Kier molecular flexibility index (Phi) is 6.48. The molecule has 13 nitrogen and oxygen atoms in total. The van der Waals surface area contributed by atoms with E-state index >= 15 is 0 Å². The number of methoxy groups -OCH3 is 1. The Hall–Kier alpha value is -4.68. The molecule has 1 aliphatic rings. The number of hydrogen-bond donors (Lipinski definition) is 4. The molecule has 3 heterocycles. The summed E-state index contributed by atoms with van der Waals surface area (Å²) in [5.74, 6) is -1.29. The van der Waals surface area contributed by atoms with E-state index in [1.54, 1.807) is 28.9 Å². The highest BCUT2D eigenvalue weighted by Gasteiger charge is 2.23. The fourth-order valence-electron chi connectivity index (χ4n) is 3.85. The number of aromatic carboxylic acids is 1. The summed E-state index contributed by atoms with van der Waals surface area (Å²) in [6, 6.07) is 2.92. The minimum absolute atomic E-state index is 0.0370. The van der Waals surface area contributed by atoms with Crippen LogP contribution in [0.15, 0.2) is 30.7 Å². The number of hydrogen-bond acceptors (Lipinski definition) is 9. The van der Waals surface area contributed by atoms with E-state index in [0.717, 1.165) is 12.8 Å². The molecule has 0 aliphatic carbocycles. The number of aromatic nitrogens is 4. The van der Waals surface area contributed by atoms with Crippen LogP contribution in [0.3, 0.4) is 0 Å². The van der Waals surface area contributed by atoms with Gasteiger partial charge >= 0.3 is 5.97 Å². The van der Waals surface area contributed by atoms with Crippen molar-refractivity contribution in [3.63, 3.8) is 0 Å². The van der Waals surface area contributed by atoms with Gasteiger partial charge in [0.15, 0.2) is 0 Å². The largest absolute Gasteiger partial charge is 0.495 e. The van der Waals surface area contributed by atoms with Gasteiger partial charge in [-0.1, -0.05) is 0 Å². The van der Waals surface area contributed by atoms with Gasteiger partial charge in [-0.15, -0.1) is 0 Å². The van der Waals surface area contributed by atoms with E-state index in [1.807, 2.05) is 0 Å². The van der Waals surface area contributed by atoms with E-state index in [-0.39, 0.29) is 34.7 Å². The molecule has 0 bridgehead atoms. The Labute approximate surface area is 199 Å². The van der Waals surface area contributed by atoms with Gasteiger partial charge in [0.2, 0.25) is 12.4 Å². The molecule has 0 spiro atoms. The van der Waals surface area contributed by atoms with E-state index in [0.29, 0.717) is 30.0 Å². The van der Waals surface area contributed by atoms with Crippen molar-refractivity contribution in [1.29, 1.82) is 0 Å². The average Bonchev–Trinajstić information content (AvgIpc) is 3.49. The SMILES string of the molecule is COc1cc(C(=O)O)cc(C)c1Nc1nc(Nc2cnn(C3CCN(C=O)C3)c2)ncc1C(N)=O. The van der Waals surface area contributed by atoms with Crippen LogP contribution in [0.5, 0.6) is 5.75 Å². The third kappa shape index (κ3) is 4.98. The number of carbonyl (C=O) groups is 3. The predicted molar refractivity (Wildman–Crippen MR) is 125 cm³/mol. The minimum Gasteiger partial charge on any atom is -0.495 e. The standard InChI is InChI=1S/C22H24N8O5/c1-12-5-13(21(33)34)6-17(35-2)18(12)27-20-16(19(23)32)8-24-22(28-20)26-14-7-25-30(9-14)15-3-4-29(10-15)11-31/h5-9,11,15H,3-4,10H2,1-2H3,(H2,23,32)(H,33,34)(H2,24,26,27,28). The topological polar surface area (TPSA) is 178 Å². The number of primary amides is 1. The van der Waals surface area contributed by atoms with E-state index in [9.17, 15) is 19.5 Å². The van der Waals surface area contributed by atoms with E-state index in [2.05, 4.69) is 25.7 Å². The molecule has 182 valence electrons. The molecule has 3 aromatic rings. The summed E-state index contributed by atoms with van der Waals surface area (Å²) in [6.07, 6.45) is 6.32. The molecule has 5 N–H and O–H groups in total. The van der Waals surface area contributed by atoms with Crippen molar-refractivity contribution in [2.75, 3.05) is 30.8 Å². The number of aryl methyl sites for hydroxylation is 1. The zero-order valence-electron chi connectivity index (χ0n) is 19.1. The molecule has 1 fully saturated rings. The van der Waals surface area contributed by atoms with Crippen molar-refractivity contribution in [3.8, 4) is 5.75 Å². The van der Waals surface area contributed by atoms with Crippen LogP contribution in [0.2, 0.25) is 0 Å². The van der Waals surface area contributed by atoms with Gasteiger partial charge in [-0.3, -0.25) is 14.3 Å². The van der Waals surface area contributed by atoms with E-state index in [4.69, 9.17) is 10.5 Å². The van der Waals surface area contributed by atoms with Gasteiger partial charge < -0.3 is 31.1 Å². The van der Waals surface area contributed by atoms with Crippen LogP contribution in [-0.4, -0.2) is 68.2 Å². The lowest BCUT2D eigenvalue weighted by molar-refractivity contribution is -0.117. The van der Waals surface area contributed by atoms with Gasteiger partial charge in [-0.2, -0.15) is 10.1 Å². The minimum atomic E-state index is -1.10. The maximum Gasteiger partial charge on any atom is 0.335 e. The summed E-state index contributed by atoms with van der Waals surface area (Å²) in [4.78, 5) is 44.6. The molecule has 2 amide bonds. The van der Waals surface area contributed by atoms with Gasteiger partial charge in [0.25, 0.3) is 5.91 Å². The first kappa shape index (κ1) is 23.5. The van der Waals surface area contributed by atoms with Crippen LogP contribution in [0, 0.1) is 6.92 Å². The van der Waals surface area contributed by atoms with Crippen LogP contribution < -0.4 is 21.1 Å². The molecule has 2 aromatic heterocycles. The van der Waals surface area contributed by atoms with Crippen molar-refractivity contribution in [2.24, 2.45) is 5.73 Å². The van der Waals surface area contributed by atoms with Crippen molar-refractivity contribution in [1.82, 2.24) is 24.6 Å². The van der Waals surface area contributed by atoms with Gasteiger partial charge in [0.05, 0.1) is 36.3 Å². The average molecular weight is 480 g/mol. The fourth-order valence-corrected chi connectivity index (χ4v) is 3.85. The lowest BCUT2D eigenvalue weighted by Gasteiger charge is -2.16. The van der Waals surface area contributed by atoms with Gasteiger partial charge in [0.1, 0.15) is 17.1 Å². The second kappa shape index (κ2) is 9.67. The number of carboxylic acid groups (broad SMARTS) is 1. The maximum atomic E-state index is 12.0. The summed E-state index contributed by atoms with van der Waals surface area (Å²) in [5.41, 5.74) is 7.21. The summed E-state index contributed by atoms with van der Waals surface area (Å²) in [7, 11) is 1.41. The maximum absolute atomic E-state index is 12.0. The molecular formula is C22H24N8O5. The number of benzene rings is 1. The Balaban J connectivity index is 1.60. The first-order valence-electron chi connectivity index (χ1n) is 10.7. The van der Waals surface area contributed by atoms with E-state index in [1.165, 1.54) is 25.4 Å². The van der Waals surface area contributed by atoms with Crippen LogP contribution >= 0.6 is 0 Å². The normalized spacial score (nSPS) is 15.0. The first-order valence-corrected chi connectivity index (χ1v) is 10.7.